The molecular weight excluding hydrogens is 162 g/mol. The number of nitrogens with zero attached hydrogens (tertiary/aromatic N) is 1. The first-order valence-electron chi connectivity index (χ1n) is 3.32. The normalized spacial score (nSPS) is 9.17. The van der Waals surface area contributed by atoms with E-state index in [1.54, 1.807) is 0 Å². The first-order chi connectivity index (χ1) is 5.50. The molecule has 0 fully saturated rings. The molecule has 0 aliphatic heterocycles. The van der Waals surface area contributed by atoms with Crippen LogP contribution < -0.4 is 11.5 Å². The van der Waals surface area contributed by atoms with E-state index < -0.39 is 17.7 Å². The topological polar surface area (TPSA) is 106 Å². The molecule has 12 heavy (non-hydrogen) atoms. The van der Waals surface area contributed by atoms with Crippen LogP contribution in [0.1, 0.15) is 6.92 Å². The summed E-state index contributed by atoms with van der Waals surface area (Å²) in [6, 6.07) is 0. The lowest BCUT2D eigenvalue weighted by molar-refractivity contribution is -0.150. The highest BCUT2D eigenvalue weighted by molar-refractivity contribution is 6.36. The number of hydrogen-bond acceptors (Lipinski definition) is 4. The fraction of sp³-hybridized carbons (Fsp3) is 0.500. The van der Waals surface area contributed by atoms with E-state index in [2.05, 4.69) is 5.73 Å². The van der Waals surface area contributed by atoms with E-state index in [1.165, 1.54) is 0 Å². The van der Waals surface area contributed by atoms with Crippen LogP contribution in [0, 0.1) is 0 Å². The molecule has 0 saturated heterocycles. The summed E-state index contributed by atoms with van der Waals surface area (Å²) in [4.78, 5) is 32.6. The van der Waals surface area contributed by atoms with Gasteiger partial charge >= 0.3 is 11.8 Å². The summed E-state index contributed by atoms with van der Waals surface area (Å²) >= 11 is 0. The highest BCUT2D eigenvalue weighted by Gasteiger charge is 2.21. The van der Waals surface area contributed by atoms with Crippen molar-refractivity contribution in [1.29, 1.82) is 0 Å². The predicted octanol–water partition coefficient (Wildman–Crippen LogP) is -2.19. The van der Waals surface area contributed by atoms with Crippen molar-refractivity contribution in [2.45, 2.75) is 6.92 Å². The Hall–Kier alpha value is -1.43. The minimum absolute atomic E-state index is 0.0110. The van der Waals surface area contributed by atoms with Crippen LogP contribution in [-0.2, 0) is 14.4 Å². The molecule has 68 valence electrons. The summed E-state index contributed by atoms with van der Waals surface area (Å²) in [5.74, 6) is -2.71. The average molecular weight is 173 g/mol. The second-order valence-corrected chi connectivity index (χ2v) is 2.13. The van der Waals surface area contributed by atoms with Crippen molar-refractivity contribution in [3.05, 3.63) is 0 Å². The van der Waals surface area contributed by atoms with Gasteiger partial charge in [0.2, 0.25) is 5.91 Å². The van der Waals surface area contributed by atoms with Crippen molar-refractivity contribution in [3.8, 4) is 0 Å². The van der Waals surface area contributed by atoms with Gasteiger partial charge in [-0.25, -0.2) is 0 Å². The number of nitrogens with two attached hydrogens (primary N) is 2. The molecule has 0 rings (SSSR count). The lowest BCUT2D eigenvalue weighted by Crippen LogP contribution is -2.45. The van der Waals surface area contributed by atoms with E-state index in [9.17, 15) is 14.4 Å². The number of primary amides is 1. The monoisotopic (exact) mass is 173 g/mol. The van der Waals surface area contributed by atoms with Crippen LogP contribution in [0.15, 0.2) is 0 Å². The van der Waals surface area contributed by atoms with Gasteiger partial charge in [0.05, 0.1) is 0 Å². The maximum Gasteiger partial charge on any atom is 0.318 e. The maximum atomic E-state index is 10.8. The van der Waals surface area contributed by atoms with Gasteiger partial charge in [-0.15, -0.1) is 0 Å². The number of rotatable bonds is 2. The van der Waals surface area contributed by atoms with E-state index in [0.717, 1.165) is 6.92 Å². The Morgan fingerprint density at radius 2 is 1.83 bits per heavy atom. The molecule has 0 bridgehead atoms. The molecule has 4 N–H and O–H groups in total. The van der Waals surface area contributed by atoms with E-state index in [0.29, 0.717) is 4.90 Å². The van der Waals surface area contributed by atoms with Gasteiger partial charge in [-0.2, -0.15) is 0 Å². The number of imide groups is 1. The van der Waals surface area contributed by atoms with Gasteiger partial charge in [-0.1, -0.05) is 0 Å². The molecule has 0 heterocycles. The van der Waals surface area contributed by atoms with E-state index in [-0.39, 0.29) is 13.1 Å². The van der Waals surface area contributed by atoms with Crippen molar-refractivity contribution in [2.75, 3.05) is 13.1 Å². The number of carbonyl (C=O) groups is 3. The Bertz CT molecular complexity index is 214. The molecular formula is C6H11N3O3. The molecule has 0 spiro atoms. The molecule has 0 unspecified atom stereocenters. The average Bonchev–Trinajstić information content (AvgIpc) is 1.98. The van der Waals surface area contributed by atoms with Crippen LogP contribution in [0.5, 0.6) is 0 Å². The Balaban J connectivity index is 4.40. The molecule has 3 amide bonds. The quantitative estimate of drug-likeness (QED) is 0.462. The summed E-state index contributed by atoms with van der Waals surface area (Å²) in [5, 5.41) is 0. The third kappa shape index (κ3) is 2.67. The van der Waals surface area contributed by atoms with Crippen LogP contribution in [0.25, 0.3) is 0 Å². The van der Waals surface area contributed by atoms with Gasteiger partial charge in [-0.05, 0) is 0 Å². The second kappa shape index (κ2) is 4.45. The van der Waals surface area contributed by atoms with E-state index >= 15 is 0 Å². The van der Waals surface area contributed by atoms with Crippen LogP contribution in [0.4, 0.5) is 0 Å². The van der Waals surface area contributed by atoms with Crippen LogP contribution >= 0.6 is 0 Å². The predicted molar refractivity (Wildman–Crippen MR) is 40.6 cm³/mol. The lowest BCUT2D eigenvalue weighted by Gasteiger charge is -2.15. The Kier molecular flexibility index (Phi) is 3.92. The molecule has 0 aliphatic rings. The van der Waals surface area contributed by atoms with Gasteiger partial charge in [0.1, 0.15) is 0 Å². The van der Waals surface area contributed by atoms with Crippen molar-refractivity contribution in [3.63, 3.8) is 0 Å². The molecule has 0 aromatic rings. The van der Waals surface area contributed by atoms with Crippen molar-refractivity contribution >= 4 is 17.7 Å². The third-order valence-electron chi connectivity index (χ3n) is 1.19. The first kappa shape index (κ1) is 10.6. The zero-order chi connectivity index (χ0) is 9.72. The van der Waals surface area contributed by atoms with Gasteiger partial charge in [0.25, 0.3) is 0 Å². The van der Waals surface area contributed by atoms with E-state index in [4.69, 9.17) is 5.73 Å². The van der Waals surface area contributed by atoms with E-state index in [1.807, 2.05) is 0 Å². The van der Waals surface area contributed by atoms with Crippen molar-refractivity contribution in [1.82, 2.24) is 4.90 Å². The molecule has 0 aliphatic carbocycles. The van der Waals surface area contributed by atoms with Crippen molar-refractivity contribution in [2.24, 2.45) is 11.5 Å². The SMILES string of the molecule is CC(=O)N(CCN)C(=O)C(N)=O. The van der Waals surface area contributed by atoms with Gasteiger partial charge < -0.3 is 11.5 Å². The fourth-order valence-electron chi connectivity index (χ4n) is 0.664. The summed E-state index contributed by atoms with van der Waals surface area (Å²) in [6.07, 6.45) is 0. The molecule has 0 atom stereocenters. The summed E-state index contributed by atoms with van der Waals surface area (Å²) in [6.45, 7) is 1.28. The highest BCUT2D eigenvalue weighted by atomic mass is 16.2. The second-order valence-electron chi connectivity index (χ2n) is 2.13. The number of carbonyl (C=O) groups excluding carboxylic acids is 3. The minimum Gasteiger partial charge on any atom is -0.361 e. The molecule has 0 saturated carbocycles. The Labute approximate surface area is 69.5 Å². The largest absolute Gasteiger partial charge is 0.361 e. The number of hydrogen-bond donors (Lipinski definition) is 2. The van der Waals surface area contributed by atoms with Crippen LogP contribution in [0.3, 0.4) is 0 Å². The zero-order valence-corrected chi connectivity index (χ0v) is 6.74. The van der Waals surface area contributed by atoms with Gasteiger partial charge in [-0.3, -0.25) is 19.3 Å². The molecule has 6 nitrogen and oxygen atoms in total. The smallest absolute Gasteiger partial charge is 0.318 e. The Morgan fingerprint density at radius 1 is 1.33 bits per heavy atom. The molecule has 0 aromatic carbocycles. The van der Waals surface area contributed by atoms with Crippen LogP contribution in [-0.4, -0.2) is 35.7 Å². The maximum absolute atomic E-state index is 10.8. The first-order valence-corrected chi connectivity index (χ1v) is 3.32. The molecule has 6 heteroatoms. The third-order valence-corrected chi connectivity index (χ3v) is 1.19. The zero-order valence-electron chi connectivity index (χ0n) is 6.74. The summed E-state index contributed by atoms with van der Waals surface area (Å²) in [7, 11) is 0. The Morgan fingerprint density at radius 3 is 2.08 bits per heavy atom. The minimum atomic E-state index is -1.15. The molecule has 0 radical (unpaired) electrons. The number of amides is 3. The summed E-state index contributed by atoms with van der Waals surface area (Å²) in [5.41, 5.74) is 9.79. The molecule has 0 aromatic heterocycles. The fourth-order valence-corrected chi connectivity index (χ4v) is 0.664. The van der Waals surface area contributed by atoms with Gasteiger partial charge in [0.15, 0.2) is 0 Å². The lowest BCUT2D eigenvalue weighted by atomic mass is 10.4. The van der Waals surface area contributed by atoms with Gasteiger partial charge in [0, 0.05) is 20.0 Å². The standard InChI is InChI=1S/C6H11N3O3/c1-4(10)9(3-2-7)6(12)5(8)11/h2-3,7H2,1H3,(H2,8,11). The highest BCUT2D eigenvalue weighted by Crippen LogP contribution is 1.88. The van der Waals surface area contributed by atoms with Crippen molar-refractivity contribution < 1.29 is 14.4 Å². The summed E-state index contributed by atoms with van der Waals surface area (Å²) < 4.78 is 0. The van der Waals surface area contributed by atoms with Crippen LogP contribution in [0.2, 0.25) is 0 Å².